The van der Waals surface area contributed by atoms with Crippen molar-refractivity contribution in [3.8, 4) is 0 Å². The van der Waals surface area contributed by atoms with Crippen LogP contribution in [0.25, 0.3) is 0 Å². The van der Waals surface area contributed by atoms with Gasteiger partial charge in [-0.15, -0.1) is 0 Å². The predicted octanol–water partition coefficient (Wildman–Crippen LogP) is 23.3. The Kier molecular flexibility index (Phi) is 68.1. The molecule has 0 amide bonds. The molecule has 19 heteroatoms. The molecular formula is C80H152O17P2. The van der Waals surface area contributed by atoms with Crippen molar-refractivity contribution in [2.45, 2.75) is 407 Å². The minimum atomic E-state index is -4.97. The molecule has 5 atom stereocenters. The number of rotatable bonds is 76. The van der Waals surface area contributed by atoms with E-state index in [0.29, 0.717) is 31.6 Å². The lowest BCUT2D eigenvalue weighted by Gasteiger charge is -2.21. The molecule has 99 heavy (non-hydrogen) atoms. The summed E-state index contributed by atoms with van der Waals surface area (Å²) in [5, 5.41) is 10.6. The smallest absolute Gasteiger partial charge is 0.462 e. The summed E-state index contributed by atoms with van der Waals surface area (Å²) >= 11 is 0. The van der Waals surface area contributed by atoms with Gasteiger partial charge < -0.3 is 33.8 Å². The largest absolute Gasteiger partial charge is 0.472 e. The molecular weight excluding hydrogens is 1290 g/mol. The fraction of sp³-hybridized carbons (Fsp3) is 0.900. The Hall–Kier alpha value is -2.46. The van der Waals surface area contributed by atoms with Gasteiger partial charge in [-0.1, -0.05) is 336 Å². The van der Waals surface area contributed by atoms with Crippen LogP contribution >= 0.6 is 15.6 Å². The molecule has 3 N–H and O–H groups in total. The van der Waals surface area contributed by atoms with Crippen LogP contribution in [0.15, 0.2) is 24.3 Å². The summed E-state index contributed by atoms with van der Waals surface area (Å²) in [6.07, 6.45) is 60.6. The van der Waals surface area contributed by atoms with E-state index in [1.54, 1.807) is 0 Å². The van der Waals surface area contributed by atoms with Crippen molar-refractivity contribution in [1.82, 2.24) is 0 Å². The van der Waals surface area contributed by atoms with E-state index in [9.17, 15) is 43.2 Å². The third-order valence-corrected chi connectivity index (χ3v) is 19.9. The van der Waals surface area contributed by atoms with Gasteiger partial charge in [-0.2, -0.15) is 0 Å². The highest BCUT2D eigenvalue weighted by atomic mass is 31.2. The zero-order valence-electron chi connectivity index (χ0n) is 64.4. The molecule has 0 heterocycles. The van der Waals surface area contributed by atoms with Crippen molar-refractivity contribution in [2.75, 3.05) is 39.6 Å². The normalized spacial score (nSPS) is 14.2. The van der Waals surface area contributed by atoms with Crippen LogP contribution in [-0.4, -0.2) is 96.7 Å². The number of allylic oxidation sites excluding steroid dienone is 4. The minimum absolute atomic E-state index is 0.0850. The molecule has 0 aliphatic carbocycles. The zero-order chi connectivity index (χ0) is 73.0. The number of carbonyl (C=O) groups excluding carboxylic acids is 4. The van der Waals surface area contributed by atoms with Crippen molar-refractivity contribution in [3.05, 3.63) is 24.3 Å². The average Bonchev–Trinajstić information content (AvgIpc) is 1.07. The Morgan fingerprint density at radius 3 is 0.818 bits per heavy atom. The molecule has 0 saturated carbocycles. The molecule has 17 nitrogen and oxygen atoms in total. The van der Waals surface area contributed by atoms with Crippen LogP contribution in [0.1, 0.15) is 389 Å². The molecule has 0 aromatic rings. The fourth-order valence-electron chi connectivity index (χ4n) is 11.8. The minimum Gasteiger partial charge on any atom is -0.462 e. The van der Waals surface area contributed by atoms with Gasteiger partial charge >= 0.3 is 39.5 Å². The number of ether oxygens (including phenoxy) is 4. The molecule has 0 aliphatic rings. The van der Waals surface area contributed by atoms with E-state index in [4.69, 9.17) is 37.0 Å². The molecule has 0 aliphatic heterocycles. The first kappa shape index (κ1) is 96.5. The van der Waals surface area contributed by atoms with E-state index < -0.39 is 97.5 Å². The SMILES string of the molecule is CCCCCC/C=C\C=C/CCCCCCCC(=O)O[C@H](COC(=O)CCCCCCCCCCCCCCCCCC(C)C)COP(=O)(O)OCC(O)COP(=O)(O)OC[C@@H](COC(=O)CCCCCCCCC(C)C)OC(=O)CCCCCCCCCCCCCCCCC(C)C. The van der Waals surface area contributed by atoms with E-state index >= 15 is 0 Å². The Morgan fingerprint density at radius 1 is 0.313 bits per heavy atom. The third kappa shape index (κ3) is 73.6. The van der Waals surface area contributed by atoms with Gasteiger partial charge in [-0.05, 0) is 69.1 Å². The second kappa shape index (κ2) is 69.9. The van der Waals surface area contributed by atoms with Crippen LogP contribution in [0.2, 0.25) is 0 Å². The molecule has 0 spiro atoms. The van der Waals surface area contributed by atoms with Gasteiger partial charge in [-0.25, -0.2) is 9.13 Å². The highest BCUT2D eigenvalue weighted by Crippen LogP contribution is 2.45. The lowest BCUT2D eigenvalue weighted by Crippen LogP contribution is -2.30. The highest BCUT2D eigenvalue weighted by Gasteiger charge is 2.30. The lowest BCUT2D eigenvalue weighted by molar-refractivity contribution is -0.161. The van der Waals surface area contributed by atoms with Gasteiger partial charge in [0.25, 0.3) is 0 Å². The molecule has 584 valence electrons. The predicted molar refractivity (Wildman–Crippen MR) is 404 cm³/mol. The molecule has 0 radical (unpaired) electrons. The monoisotopic (exact) mass is 1450 g/mol. The fourth-order valence-corrected chi connectivity index (χ4v) is 13.3. The number of phosphoric ester groups is 2. The van der Waals surface area contributed by atoms with Crippen LogP contribution < -0.4 is 0 Å². The summed E-state index contributed by atoms with van der Waals surface area (Å²) in [5.74, 6) is 0.131. The van der Waals surface area contributed by atoms with Crippen molar-refractivity contribution < 1.29 is 80.2 Å². The van der Waals surface area contributed by atoms with Gasteiger partial charge in [0.15, 0.2) is 12.2 Å². The first-order valence-corrected chi connectivity index (χ1v) is 43.7. The van der Waals surface area contributed by atoms with Crippen LogP contribution in [0, 0.1) is 17.8 Å². The molecule has 0 saturated heterocycles. The summed E-state index contributed by atoms with van der Waals surface area (Å²) < 4.78 is 68.6. The maximum atomic E-state index is 13.1. The first-order valence-electron chi connectivity index (χ1n) is 40.7. The van der Waals surface area contributed by atoms with Crippen molar-refractivity contribution in [2.24, 2.45) is 17.8 Å². The van der Waals surface area contributed by atoms with Crippen molar-refractivity contribution >= 4 is 39.5 Å². The Balaban J connectivity index is 5.25. The number of phosphoric acid groups is 2. The molecule has 3 unspecified atom stereocenters. The summed E-state index contributed by atoms with van der Waals surface area (Å²) in [7, 11) is -9.93. The molecule has 0 rings (SSSR count). The maximum absolute atomic E-state index is 13.1. The summed E-state index contributed by atoms with van der Waals surface area (Å²) in [4.78, 5) is 72.9. The number of unbranched alkanes of at least 4 members (excludes halogenated alkanes) is 41. The number of aliphatic hydroxyl groups is 1. The van der Waals surface area contributed by atoms with E-state index in [1.807, 2.05) is 0 Å². The second-order valence-corrected chi connectivity index (χ2v) is 32.5. The quantitative estimate of drug-likeness (QED) is 0.0169. The number of esters is 4. The maximum Gasteiger partial charge on any atom is 0.472 e. The van der Waals surface area contributed by atoms with Crippen molar-refractivity contribution in [3.63, 3.8) is 0 Å². The number of carbonyl (C=O) groups is 4. The average molecular weight is 1450 g/mol. The van der Waals surface area contributed by atoms with Gasteiger partial charge in [-0.3, -0.25) is 37.3 Å². The topological polar surface area (TPSA) is 237 Å². The molecule has 0 fully saturated rings. The third-order valence-electron chi connectivity index (χ3n) is 18.0. The standard InChI is InChI=1S/C80H152O17P2/c1-8-9-10-11-12-13-14-15-17-25-30-35-40-49-56-63-79(84)96-75(67-90-77(82)61-54-47-39-34-29-24-19-16-18-22-27-32-37-44-51-58-71(2)3)69-94-98(86,87)92-65-74(81)66-93-99(88,89)95-70-76(68-91-78(83)62-55-48-43-42-46-53-60-73(6)7)97-80(85)64-57-50-41-36-31-26-21-20-23-28-33-38-45-52-59-72(4)5/h13-15,17,71-76,81H,8-12,16,18-70H2,1-7H3,(H,86,87)(H,88,89)/b14-13-,17-15-/t74?,75-,76-/m1/s1. The van der Waals surface area contributed by atoms with E-state index in [1.165, 1.54) is 180 Å². The number of aliphatic hydroxyl groups excluding tert-OH is 1. The summed E-state index contributed by atoms with van der Waals surface area (Å²) in [5.41, 5.74) is 0. The van der Waals surface area contributed by atoms with Crippen LogP contribution in [0.4, 0.5) is 0 Å². The van der Waals surface area contributed by atoms with Crippen LogP contribution in [0.3, 0.4) is 0 Å². The van der Waals surface area contributed by atoms with Gasteiger partial charge in [0.2, 0.25) is 0 Å². The Morgan fingerprint density at radius 2 is 0.545 bits per heavy atom. The molecule has 0 aromatic carbocycles. The van der Waals surface area contributed by atoms with Crippen LogP contribution in [-0.2, 0) is 65.4 Å². The Bertz CT molecular complexity index is 2020. The van der Waals surface area contributed by atoms with E-state index in [0.717, 1.165) is 121 Å². The zero-order valence-corrected chi connectivity index (χ0v) is 66.2. The molecule has 0 aromatic heterocycles. The Labute approximate surface area is 605 Å². The van der Waals surface area contributed by atoms with Gasteiger partial charge in [0, 0.05) is 25.7 Å². The van der Waals surface area contributed by atoms with E-state index in [2.05, 4.69) is 72.8 Å². The summed E-state index contributed by atoms with van der Waals surface area (Å²) in [6, 6.07) is 0. The molecule has 0 bridgehead atoms. The van der Waals surface area contributed by atoms with Crippen LogP contribution in [0.5, 0.6) is 0 Å². The number of hydrogen-bond acceptors (Lipinski definition) is 15. The first-order chi connectivity index (χ1) is 47.7. The summed E-state index contributed by atoms with van der Waals surface area (Å²) in [6.45, 7) is 11.8. The lowest BCUT2D eigenvalue weighted by atomic mass is 10.0. The highest BCUT2D eigenvalue weighted by molar-refractivity contribution is 7.47. The van der Waals surface area contributed by atoms with E-state index in [-0.39, 0.29) is 25.7 Å². The van der Waals surface area contributed by atoms with Gasteiger partial charge in [0.1, 0.15) is 19.3 Å². The van der Waals surface area contributed by atoms with Gasteiger partial charge in [0.05, 0.1) is 26.4 Å². The second-order valence-electron chi connectivity index (χ2n) is 29.5. The number of hydrogen-bond donors (Lipinski definition) is 3. The van der Waals surface area contributed by atoms with Crippen molar-refractivity contribution in [1.29, 1.82) is 0 Å².